The smallest absolute Gasteiger partial charge is 0.0543 e. The van der Waals surface area contributed by atoms with E-state index in [-0.39, 0.29) is 6.10 Å². The predicted octanol–water partition coefficient (Wildman–Crippen LogP) is 1.96. The van der Waals surface area contributed by atoms with Crippen molar-refractivity contribution in [2.24, 2.45) is 5.92 Å². The minimum Gasteiger partial charge on any atom is -0.393 e. The molecule has 2 atom stereocenters. The molecule has 3 heteroatoms. The molecule has 0 radical (unpaired) electrons. The molecule has 0 aliphatic heterocycles. The Morgan fingerprint density at radius 3 is 3.07 bits per heavy atom. The van der Waals surface area contributed by atoms with Gasteiger partial charge in [0.25, 0.3) is 0 Å². The molecule has 0 spiro atoms. The van der Waals surface area contributed by atoms with Crippen molar-refractivity contribution < 1.29 is 5.11 Å². The van der Waals surface area contributed by atoms with E-state index in [9.17, 15) is 5.11 Å². The van der Waals surface area contributed by atoms with Crippen molar-refractivity contribution >= 4 is 5.69 Å². The topological polar surface area (TPSA) is 45.1 Å². The molecule has 1 aromatic rings. The van der Waals surface area contributed by atoms with Crippen LogP contribution >= 0.6 is 0 Å². The molecule has 2 rings (SSSR count). The van der Waals surface area contributed by atoms with Crippen molar-refractivity contribution in [1.82, 2.24) is 4.98 Å². The maximum absolute atomic E-state index is 9.40. The van der Waals surface area contributed by atoms with Crippen LogP contribution in [0.1, 0.15) is 25.0 Å². The third-order valence-corrected chi connectivity index (χ3v) is 3.01. The Hall–Kier alpha value is -1.09. The van der Waals surface area contributed by atoms with Crippen molar-refractivity contribution in [3.8, 4) is 0 Å². The molecule has 1 aliphatic carbocycles. The normalized spacial score (nSPS) is 25.5. The second kappa shape index (κ2) is 4.62. The molecule has 15 heavy (non-hydrogen) atoms. The molecule has 1 aliphatic rings. The molecule has 0 aromatic carbocycles. The molecule has 1 saturated carbocycles. The summed E-state index contributed by atoms with van der Waals surface area (Å²) in [6.07, 6.45) is 4.79. The summed E-state index contributed by atoms with van der Waals surface area (Å²) in [6, 6.07) is 4.03. The first-order chi connectivity index (χ1) is 7.24. The van der Waals surface area contributed by atoms with Crippen LogP contribution in [0.25, 0.3) is 0 Å². The van der Waals surface area contributed by atoms with E-state index >= 15 is 0 Å². The molecule has 3 nitrogen and oxygen atoms in total. The van der Waals surface area contributed by atoms with E-state index in [0.29, 0.717) is 5.92 Å². The Morgan fingerprint density at radius 2 is 2.40 bits per heavy atom. The van der Waals surface area contributed by atoms with Crippen molar-refractivity contribution in [2.75, 3.05) is 11.9 Å². The lowest BCUT2D eigenvalue weighted by atomic mass is 10.1. The van der Waals surface area contributed by atoms with Gasteiger partial charge in [0.1, 0.15) is 0 Å². The Labute approximate surface area is 90.5 Å². The van der Waals surface area contributed by atoms with Gasteiger partial charge in [0.2, 0.25) is 0 Å². The quantitative estimate of drug-likeness (QED) is 0.794. The summed E-state index contributed by atoms with van der Waals surface area (Å²) in [4.78, 5) is 4.15. The molecule has 2 N–H and O–H groups in total. The van der Waals surface area contributed by atoms with Crippen LogP contribution in [-0.2, 0) is 0 Å². The largest absolute Gasteiger partial charge is 0.393 e. The first-order valence-corrected chi connectivity index (χ1v) is 5.58. The SMILES string of the molecule is Cc1cc(NCC2CCC(O)C2)ccn1. The highest BCUT2D eigenvalue weighted by molar-refractivity contribution is 5.42. The summed E-state index contributed by atoms with van der Waals surface area (Å²) >= 11 is 0. The van der Waals surface area contributed by atoms with E-state index in [4.69, 9.17) is 0 Å². The predicted molar refractivity (Wildman–Crippen MR) is 60.8 cm³/mol. The first-order valence-electron chi connectivity index (χ1n) is 5.58. The van der Waals surface area contributed by atoms with E-state index in [0.717, 1.165) is 37.2 Å². The number of anilines is 1. The second-order valence-electron chi connectivity index (χ2n) is 4.40. The van der Waals surface area contributed by atoms with E-state index in [2.05, 4.69) is 10.3 Å². The fourth-order valence-electron chi connectivity index (χ4n) is 2.15. The Balaban J connectivity index is 1.83. The zero-order valence-corrected chi connectivity index (χ0v) is 9.11. The molecule has 1 fully saturated rings. The summed E-state index contributed by atoms with van der Waals surface area (Å²) in [5.41, 5.74) is 2.16. The molecule has 82 valence electrons. The van der Waals surface area contributed by atoms with Gasteiger partial charge in [-0.05, 0) is 44.2 Å². The van der Waals surface area contributed by atoms with Gasteiger partial charge in [-0.25, -0.2) is 0 Å². The zero-order valence-electron chi connectivity index (χ0n) is 9.11. The summed E-state index contributed by atoms with van der Waals surface area (Å²) < 4.78 is 0. The minimum atomic E-state index is -0.0732. The third kappa shape index (κ3) is 2.93. The van der Waals surface area contributed by atoms with Crippen LogP contribution in [0.4, 0.5) is 5.69 Å². The molecule has 2 unspecified atom stereocenters. The van der Waals surface area contributed by atoms with E-state index in [1.54, 1.807) is 0 Å². The number of nitrogens with one attached hydrogen (secondary N) is 1. The molecule has 1 aromatic heterocycles. The average Bonchev–Trinajstić information content (AvgIpc) is 2.62. The number of hydrogen-bond acceptors (Lipinski definition) is 3. The lowest BCUT2D eigenvalue weighted by Gasteiger charge is -2.12. The van der Waals surface area contributed by atoms with E-state index < -0.39 is 0 Å². The van der Waals surface area contributed by atoms with Gasteiger partial charge in [0.15, 0.2) is 0 Å². The summed E-state index contributed by atoms with van der Waals surface area (Å²) in [7, 11) is 0. The minimum absolute atomic E-state index is 0.0732. The standard InChI is InChI=1S/C12H18N2O/c1-9-6-11(4-5-13-9)14-8-10-2-3-12(15)7-10/h4-6,10,12,15H,2-3,7-8H2,1H3,(H,13,14). The van der Waals surface area contributed by atoms with Crippen LogP contribution in [0, 0.1) is 12.8 Å². The second-order valence-corrected chi connectivity index (χ2v) is 4.40. The number of aryl methyl sites for hydroxylation is 1. The van der Waals surface area contributed by atoms with Crippen LogP contribution in [-0.4, -0.2) is 22.7 Å². The van der Waals surface area contributed by atoms with E-state index in [1.807, 2.05) is 25.3 Å². The van der Waals surface area contributed by atoms with Crippen LogP contribution in [0.3, 0.4) is 0 Å². The van der Waals surface area contributed by atoms with E-state index in [1.165, 1.54) is 0 Å². The average molecular weight is 206 g/mol. The Kier molecular flexibility index (Phi) is 3.21. The van der Waals surface area contributed by atoms with Crippen molar-refractivity contribution in [2.45, 2.75) is 32.3 Å². The number of pyridine rings is 1. The molecule has 0 saturated heterocycles. The van der Waals surface area contributed by atoms with Crippen molar-refractivity contribution in [1.29, 1.82) is 0 Å². The number of aliphatic hydroxyl groups excluding tert-OH is 1. The van der Waals surface area contributed by atoms with Gasteiger partial charge in [-0.2, -0.15) is 0 Å². The molecule has 0 amide bonds. The summed E-state index contributed by atoms with van der Waals surface area (Å²) in [5.74, 6) is 0.619. The fraction of sp³-hybridized carbons (Fsp3) is 0.583. The monoisotopic (exact) mass is 206 g/mol. The zero-order chi connectivity index (χ0) is 10.7. The van der Waals surface area contributed by atoms with Crippen LogP contribution < -0.4 is 5.32 Å². The highest BCUT2D eigenvalue weighted by Crippen LogP contribution is 2.25. The summed E-state index contributed by atoms with van der Waals surface area (Å²) in [6.45, 7) is 2.95. The first kappa shape index (κ1) is 10.4. The fourth-order valence-corrected chi connectivity index (χ4v) is 2.15. The summed E-state index contributed by atoms with van der Waals surface area (Å²) in [5, 5.41) is 12.8. The Morgan fingerprint density at radius 1 is 1.53 bits per heavy atom. The molecular formula is C12H18N2O. The van der Waals surface area contributed by atoms with Crippen molar-refractivity contribution in [3.05, 3.63) is 24.0 Å². The molecule has 0 bridgehead atoms. The molecule has 1 heterocycles. The maximum Gasteiger partial charge on any atom is 0.0543 e. The number of rotatable bonds is 3. The van der Waals surface area contributed by atoms with Gasteiger partial charge in [-0.1, -0.05) is 0 Å². The lowest BCUT2D eigenvalue weighted by Crippen LogP contribution is -2.12. The lowest BCUT2D eigenvalue weighted by molar-refractivity contribution is 0.178. The molecular weight excluding hydrogens is 188 g/mol. The van der Waals surface area contributed by atoms with Crippen LogP contribution in [0.5, 0.6) is 0 Å². The van der Waals surface area contributed by atoms with Gasteiger partial charge in [-0.3, -0.25) is 4.98 Å². The van der Waals surface area contributed by atoms with Gasteiger partial charge in [-0.15, -0.1) is 0 Å². The third-order valence-electron chi connectivity index (χ3n) is 3.01. The number of hydrogen-bond donors (Lipinski definition) is 2. The maximum atomic E-state index is 9.40. The van der Waals surface area contributed by atoms with Crippen molar-refractivity contribution in [3.63, 3.8) is 0 Å². The van der Waals surface area contributed by atoms with Gasteiger partial charge >= 0.3 is 0 Å². The van der Waals surface area contributed by atoms with Crippen LogP contribution in [0.15, 0.2) is 18.3 Å². The number of aromatic nitrogens is 1. The van der Waals surface area contributed by atoms with Gasteiger partial charge in [0, 0.05) is 24.1 Å². The Bertz CT molecular complexity index is 327. The van der Waals surface area contributed by atoms with Crippen LogP contribution in [0.2, 0.25) is 0 Å². The number of aliphatic hydroxyl groups is 1. The van der Waals surface area contributed by atoms with Gasteiger partial charge in [0.05, 0.1) is 6.10 Å². The highest BCUT2D eigenvalue weighted by Gasteiger charge is 2.22. The number of nitrogens with zero attached hydrogens (tertiary/aromatic N) is 1. The van der Waals surface area contributed by atoms with Gasteiger partial charge < -0.3 is 10.4 Å². The highest BCUT2D eigenvalue weighted by atomic mass is 16.3.